The largest absolute Gasteiger partial charge is 0.449 e. The number of hydrogen-bond donors (Lipinski definition) is 2. The lowest BCUT2D eigenvalue weighted by molar-refractivity contribution is -0.137. The van der Waals surface area contributed by atoms with E-state index in [-0.39, 0.29) is 22.8 Å². The Hall–Kier alpha value is -4.35. The molecule has 0 radical (unpaired) electrons. The van der Waals surface area contributed by atoms with Crippen molar-refractivity contribution in [3.8, 4) is 0 Å². The number of alkyl halides is 3. The highest BCUT2D eigenvalue weighted by molar-refractivity contribution is 6.03. The van der Waals surface area contributed by atoms with Crippen molar-refractivity contribution in [3.05, 3.63) is 74.9 Å². The molecule has 2 aromatic carbocycles. The van der Waals surface area contributed by atoms with E-state index in [1.165, 1.54) is 6.07 Å². The zero-order chi connectivity index (χ0) is 27.0. The second kappa shape index (κ2) is 9.84. The number of halogens is 3. The maximum atomic E-state index is 13.5. The van der Waals surface area contributed by atoms with Gasteiger partial charge in [-0.3, -0.25) is 19.0 Å². The third-order valence-electron chi connectivity index (χ3n) is 6.54. The van der Waals surface area contributed by atoms with Crippen LogP contribution in [0.15, 0.2) is 62.5 Å². The number of para-hydroxylation sites is 1. The fraction of sp³-hybridized carbons (Fsp3) is 0.308. The van der Waals surface area contributed by atoms with E-state index in [0.717, 1.165) is 48.4 Å². The Labute approximate surface area is 212 Å². The third kappa shape index (κ3) is 4.93. The lowest BCUT2D eigenvalue weighted by Gasteiger charge is -2.15. The lowest BCUT2D eigenvalue weighted by atomic mass is 10.2. The Morgan fingerprint density at radius 3 is 2.39 bits per heavy atom. The molecule has 2 amide bonds. The predicted molar refractivity (Wildman–Crippen MR) is 133 cm³/mol. The summed E-state index contributed by atoms with van der Waals surface area (Å²) in [7, 11) is 0. The number of nitrogens with zero attached hydrogens (tertiary/aromatic N) is 2. The predicted octanol–water partition coefficient (Wildman–Crippen LogP) is 3.63. The number of rotatable bonds is 6. The molecule has 9 nitrogen and oxygen atoms in total. The number of fused-ring (bicyclic) bond motifs is 3. The van der Waals surface area contributed by atoms with Crippen LogP contribution >= 0.6 is 0 Å². The summed E-state index contributed by atoms with van der Waals surface area (Å²) in [6.07, 6.45) is -1.03. The molecule has 198 valence electrons. The summed E-state index contributed by atoms with van der Waals surface area (Å²) in [6.45, 7) is -1.21. The first kappa shape index (κ1) is 25.3. The zero-order valence-electron chi connectivity index (χ0n) is 20.0. The molecule has 1 saturated carbocycles. The summed E-state index contributed by atoms with van der Waals surface area (Å²) in [6, 6.07) is 10.6. The number of amides is 2. The second-order valence-corrected chi connectivity index (χ2v) is 9.21. The molecule has 1 aliphatic rings. The molecule has 0 aliphatic heterocycles. The average Bonchev–Trinajstić information content (AvgIpc) is 3.52. The topological polar surface area (TPSA) is 115 Å². The van der Waals surface area contributed by atoms with Gasteiger partial charge in [0, 0.05) is 17.1 Å². The number of hydrogen-bond acceptors (Lipinski definition) is 5. The molecule has 0 spiro atoms. The Kier molecular flexibility index (Phi) is 6.55. The maximum absolute atomic E-state index is 13.5. The minimum atomic E-state index is -4.60. The zero-order valence-corrected chi connectivity index (χ0v) is 20.0. The fourth-order valence-corrected chi connectivity index (χ4v) is 4.79. The van der Waals surface area contributed by atoms with Crippen LogP contribution in [0.1, 0.15) is 31.2 Å². The smallest absolute Gasteiger partial charge is 0.416 e. The molecule has 2 N–H and O–H groups in total. The second-order valence-electron chi connectivity index (χ2n) is 9.21. The van der Waals surface area contributed by atoms with Crippen molar-refractivity contribution in [2.24, 2.45) is 0 Å². The third-order valence-corrected chi connectivity index (χ3v) is 6.54. The summed E-state index contributed by atoms with van der Waals surface area (Å²) in [5.41, 5.74) is -2.67. The first-order chi connectivity index (χ1) is 18.1. The fourth-order valence-electron chi connectivity index (χ4n) is 4.79. The van der Waals surface area contributed by atoms with Crippen molar-refractivity contribution >= 4 is 39.6 Å². The molecular formula is C26H23F3N4O5. The van der Waals surface area contributed by atoms with E-state index < -0.39 is 47.9 Å². The van der Waals surface area contributed by atoms with Gasteiger partial charge in [0.05, 0.1) is 5.56 Å². The van der Waals surface area contributed by atoms with E-state index in [1.807, 2.05) is 0 Å². The van der Waals surface area contributed by atoms with E-state index in [1.54, 1.807) is 24.3 Å². The molecule has 12 heteroatoms. The van der Waals surface area contributed by atoms with Gasteiger partial charge in [0.25, 0.3) is 5.56 Å². The van der Waals surface area contributed by atoms with Crippen LogP contribution in [0.5, 0.6) is 0 Å². The summed E-state index contributed by atoms with van der Waals surface area (Å²) in [4.78, 5) is 52.2. The van der Waals surface area contributed by atoms with Crippen molar-refractivity contribution in [2.75, 3.05) is 5.32 Å². The number of nitrogens with one attached hydrogen (secondary N) is 2. The van der Waals surface area contributed by atoms with Gasteiger partial charge in [-0.1, -0.05) is 31.0 Å². The van der Waals surface area contributed by atoms with E-state index >= 15 is 0 Å². The summed E-state index contributed by atoms with van der Waals surface area (Å²) in [5.74, 6) is -1.33. The maximum Gasteiger partial charge on any atom is 0.416 e. The number of anilines is 1. The molecular weight excluding hydrogens is 505 g/mol. The van der Waals surface area contributed by atoms with Crippen LogP contribution < -0.4 is 21.9 Å². The molecule has 1 fully saturated rings. The normalized spacial score (nSPS) is 14.3. The van der Waals surface area contributed by atoms with Crippen LogP contribution in [0, 0.1) is 0 Å². The van der Waals surface area contributed by atoms with E-state index in [9.17, 15) is 32.3 Å². The van der Waals surface area contributed by atoms with Gasteiger partial charge in [0.15, 0.2) is 0 Å². The minimum Gasteiger partial charge on any atom is -0.449 e. The Morgan fingerprint density at radius 2 is 1.66 bits per heavy atom. The van der Waals surface area contributed by atoms with Crippen molar-refractivity contribution in [3.63, 3.8) is 0 Å². The molecule has 5 rings (SSSR count). The number of carbonyl (C=O) groups is 2. The molecule has 1 aliphatic carbocycles. The highest BCUT2D eigenvalue weighted by Crippen LogP contribution is 2.31. The summed E-state index contributed by atoms with van der Waals surface area (Å²) < 4.78 is 46.6. The van der Waals surface area contributed by atoms with Crippen LogP contribution in [0.25, 0.3) is 22.1 Å². The Morgan fingerprint density at radius 1 is 0.947 bits per heavy atom. The summed E-state index contributed by atoms with van der Waals surface area (Å²) in [5, 5.41) is 5.57. The first-order valence-corrected chi connectivity index (χ1v) is 12.0. The van der Waals surface area contributed by atoms with Crippen LogP contribution in [0.3, 0.4) is 0 Å². The standard InChI is InChI=1S/C26H23F3N4O5/c27-26(28,29)15-6-5-9-17(12-15)31-20(34)13-32-22-18-10-3-4-11-19(18)38-23(22)24(36)33(25(32)37)14-21(35)30-16-7-1-2-8-16/h3-6,9-12,16H,1-2,7-8,13-14H2,(H,30,35)(H,31,34). The quantitative estimate of drug-likeness (QED) is 0.397. The molecule has 4 aromatic rings. The van der Waals surface area contributed by atoms with Gasteiger partial charge in [-0.25, -0.2) is 9.36 Å². The van der Waals surface area contributed by atoms with Gasteiger partial charge in [-0.15, -0.1) is 0 Å². The minimum absolute atomic E-state index is 0.0337. The monoisotopic (exact) mass is 528 g/mol. The molecule has 0 unspecified atom stereocenters. The highest BCUT2D eigenvalue weighted by atomic mass is 19.4. The molecule has 0 atom stereocenters. The van der Waals surface area contributed by atoms with Crippen LogP contribution in [-0.4, -0.2) is 27.0 Å². The molecule has 0 bridgehead atoms. The number of carbonyl (C=O) groups excluding carboxylic acids is 2. The van der Waals surface area contributed by atoms with Gasteiger partial charge < -0.3 is 15.1 Å². The first-order valence-electron chi connectivity index (χ1n) is 12.0. The van der Waals surface area contributed by atoms with Crippen LogP contribution in [0.4, 0.5) is 18.9 Å². The lowest BCUT2D eigenvalue weighted by Crippen LogP contribution is -2.46. The van der Waals surface area contributed by atoms with Crippen LogP contribution in [-0.2, 0) is 28.9 Å². The van der Waals surface area contributed by atoms with Gasteiger partial charge in [0.1, 0.15) is 24.2 Å². The molecule has 2 aromatic heterocycles. The number of furan rings is 1. The highest BCUT2D eigenvalue weighted by Gasteiger charge is 2.30. The van der Waals surface area contributed by atoms with E-state index in [4.69, 9.17) is 4.42 Å². The van der Waals surface area contributed by atoms with E-state index in [0.29, 0.717) is 15.5 Å². The van der Waals surface area contributed by atoms with Gasteiger partial charge in [0.2, 0.25) is 17.4 Å². The number of benzene rings is 2. The molecule has 2 heterocycles. The van der Waals surface area contributed by atoms with Crippen molar-refractivity contribution in [2.45, 2.75) is 51.0 Å². The van der Waals surface area contributed by atoms with Gasteiger partial charge >= 0.3 is 11.9 Å². The van der Waals surface area contributed by atoms with Crippen molar-refractivity contribution in [1.29, 1.82) is 0 Å². The van der Waals surface area contributed by atoms with Crippen molar-refractivity contribution in [1.82, 2.24) is 14.5 Å². The Balaban J connectivity index is 1.53. The Bertz CT molecular complexity index is 1660. The molecule has 38 heavy (non-hydrogen) atoms. The van der Waals surface area contributed by atoms with E-state index in [2.05, 4.69) is 10.6 Å². The van der Waals surface area contributed by atoms with Gasteiger partial charge in [-0.05, 0) is 43.2 Å². The SMILES string of the molecule is O=C(Cn1c(=O)n(CC(=O)NC2CCCC2)c(=O)c2oc3ccccc3c21)Nc1cccc(C(F)(F)F)c1. The average molecular weight is 528 g/mol. The van der Waals surface area contributed by atoms with Crippen LogP contribution in [0.2, 0.25) is 0 Å². The summed E-state index contributed by atoms with van der Waals surface area (Å²) >= 11 is 0. The van der Waals surface area contributed by atoms with Crippen molar-refractivity contribution < 1.29 is 27.2 Å². The van der Waals surface area contributed by atoms with Gasteiger partial charge in [-0.2, -0.15) is 13.2 Å². The number of aromatic nitrogens is 2. The molecule has 0 saturated heterocycles.